The monoisotopic (exact) mass is 346 g/mol. The number of carbonyl (C=O) groups excluding carboxylic acids is 1. The Kier molecular flexibility index (Phi) is 4.15. The fourth-order valence-corrected chi connectivity index (χ4v) is 4.27. The zero-order valence-electron chi connectivity index (χ0n) is 10.2. The average molecular weight is 347 g/mol. The van der Waals surface area contributed by atoms with Crippen LogP contribution in [0.5, 0.6) is 0 Å². The van der Waals surface area contributed by atoms with E-state index in [0.29, 0.717) is 24.1 Å². The van der Waals surface area contributed by atoms with Gasteiger partial charge in [0.1, 0.15) is 0 Å². The summed E-state index contributed by atoms with van der Waals surface area (Å²) >= 11 is 3.26. The second kappa shape index (κ2) is 5.50. The summed E-state index contributed by atoms with van der Waals surface area (Å²) in [6.07, 6.45) is 1.28. The number of carbonyl (C=O) groups is 1. The smallest absolute Gasteiger partial charge is 0.253 e. The van der Waals surface area contributed by atoms with Crippen molar-refractivity contribution < 1.29 is 13.2 Å². The number of anilines is 1. The molecule has 5 nitrogen and oxygen atoms in total. The summed E-state index contributed by atoms with van der Waals surface area (Å²) < 4.78 is 24.1. The molecule has 1 aliphatic rings. The number of sulfone groups is 1. The Labute approximate surface area is 120 Å². The summed E-state index contributed by atoms with van der Waals surface area (Å²) in [6, 6.07) is 4.97. The highest BCUT2D eigenvalue weighted by Crippen LogP contribution is 2.20. The third-order valence-electron chi connectivity index (χ3n) is 3.21. The van der Waals surface area contributed by atoms with Crippen LogP contribution in [-0.2, 0) is 9.84 Å². The lowest BCUT2D eigenvalue weighted by Crippen LogP contribution is -2.34. The first-order valence-corrected chi connectivity index (χ1v) is 8.46. The topological polar surface area (TPSA) is 89.3 Å². The van der Waals surface area contributed by atoms with E-state index in [-0.39, 0.29) is 18.2 Å². The van der Waals surface area contributed by atoms with Crippen molar-refractivity contribution >= 4 is 37.4 Å². The van der Waals surface area contributed by atoms with Crippen LogP contribution < -0.4 is 11.1 Å². The molecular weight excluding hydrogens is 332 g/mol. The van der Waals surface area contributed by atoms with Crippen LogP contribution in [0.3, 0.4) is 0 Å². The zero-order chi connectivity index (χ0) is 14.0. The Morgan fingerprint density at radius 1 is 1.47 bits per heavy atom. The first kappa shape index (κ1) is 14.3. The number of amides is 1. The molecule has 0 aliphatic carbocycles. The van der Waals surface area contributed by atoms with Crippen molar-refractivity contribution in [3.05, 3.63) is 28.2 Å². The maximum Gasteiger partial charge on any atom is 0.253 e. The molecule has 1 unspecified atom stereocenters. The van der Waals surface area contributed by atoms with Crippen molar-refractivity contribution in [1.82, 2.24) is 5.32 Å². The maximum atomic E-state index is 11.9. The largest absolute Gasteiger partial charge is 0.398 e. The predicted molar refractivity (Wildman–Crippen MR) is 77.7 cm³/mol. The van der Waals surface area contributed by atoms with Crippen LogP contribution in [0, 0.1) is 0 Å². The van der Waals surface area contributed by atoms with Crippen LogP contribution in [0.4, 0.5) is 5.69 Å². The van der Waals surface area contributed by atoms with E-state index in [1.165, 1.54) is 0 Å². The highest BCUT2D eigenvalue weighted by atomic mass is 79.9. The van der Waals surface area contributed by atoms with Crippen LogP contribution >= 0.6 is 15.9 Å². The van der Waals surface area contributed by atoms with Gasteiger partial charge in [-0.15, -0.1) is 0 Å². The quantitative estimate of drug-likeness (QED) is 0.808. The lowest BCUT2D eigenvalue weighted by Gasteiger charge is -2.12. The molecule has 0 aromatic heterocycles. The summed E-state index contributed by atoms with van der Waals surface area (Å²) in [7, 11) is -3.04. The lowest BCUT2D eigenvalue weighted by molar-refractivity contribution is 0.0954. The molecule has 0 radical (unpaired) electrons. The van der Waals surface area contributed by atoms with Crippen molar-refractivity contribution in [2.75, 3.05) is 18.0 Å². The number of hydrogen-bond acceptors (Lipinski definition) is 4. The van der Waals surface area contributed by atoms with E-state index in [0.717, 1.165) is 4.47 Å². The minimum absolute atomic E-state index is 0.149. The highest BCUT2D eigenvalue weighted by Gasteiger charge is 2.31. The molecule has 19 heavy (non-hydrogen) atoms. The molecule has 7 heteroatoms. The third-order valence-corrected chi connectivity index (χ3v) is 5.98. The average Bonchev–Trinajstić information content (AvgIpc) is 2.65. The summed E-state index contributed by atoms with van der Waals surface area (Å²) in [5, 5.41) is 2.18. The van der Waals surface area contributed by atoms with Crippen LogP contribution in [0.1, 0.15) is 23.2 Å². The van der Waals surface area contributed by atoms with E-state index in [9.17, 15) is 13.2 Å². The van der Waals surface area contributed by atoms with E-state index in [1.807, 2.05) is 0 Å². The SMILES string of the molecule is Nc1cc(Br)ccc1C(=O)NCC1CCCS1(=O)=O. The Morgan fingerprint density at radius 3 is 2.79 bits per heavy atom. The molecule has 1 aliphatic heterocycles. The van der Waals surface area contributed by atoms with Gasteiger partial charge in [-0.2, -0.15) is 0 Å². The minimum atomic E-state index is -3.04. The number of nitrogens with one attached hydrogen (secondary N) is 1. The second-order valence-electron chi connectivity index (χ2n) is 4.57. The number of benzene rings is 1. The summed E-state index contributed by atoms with van der Waals surface area (Å²) in [4.78, 5) is 11.9. The maximum absolute atomic E-state index is 11.9. The van der Waals surface area contributed by atoms with E-state index in [2.05, 4.69) is 21.2 Å². The molecule has 2 rings (SSSR count). The molecule has 0 spiro atoms. The molecule has 1 saturated heterocycles. The molecule has 1 heterocycles. The fraction of sp³-hybridized carbons (Fsp3) is 0.417. The number of hydrogen-bond donors (Lipinski definition) is 2. The molecule has 1 aromatic rings. The number of halogens is 1. The molecule has 0 bridgehead atoms. The molecule has 1 amide bonds. The van der Waals surface area contributed by atoms with Crippen molar-refractivity contribution in [2.24, 2.45) is 0 Å². The third kappa shape index (κ3) is 3.27. The van der Waals surface area contributed by atoms with Crippen molar-refractivity contribution in [3.8, 4) is 0 Å². The van der Waals surface area contributed by atoms with Crippen LogP contribution in [-0.4, -0.2) is 31.9 Å². The van der Waals surface area contributed by atoms with Gasteiger partial charge in [0.05, 0.1) is 16.6 Å². The molecule has 104 valence electrons. The first-order valence-electron chi connectivity index (χ1n) is 5.95. The fourth-order valence-electron chi connectivity index (χ4n) is 2.13. The molecule has 1 atom stereocenters. The summed E-state index contributed by atoms with van der Waals surface area (Å²) in [6.45, 7) is 0.149. The Bertz CT molecular complexity index is 601. The van der Waals surface area contributed by atoms with Gasteiger partial charge in [0.2, 0.25) is 0 Å². The van der Waals surface area contributed by atoms with Crippen LogP contribution in [0.15, 0.2) is 22.7 Å². The van der Waals surface area contributed by atoms with Gasteiger partial charge in [-0.1, -0.05) is 15.9 Å². The van der Waals surface area contributed by atoms with Gasteiger partial charge >= 0.3 is 0 Å². The molecule has 1 fully saturated rings. The molecule has 0 saturated carbocycles. The number of rotatable bonds is 3. The summed E-state index contributed by atoms with van der Waals surface area (Å²) in [5.74, 6) is -0.124. The van der Waals surface area contributed by atoms with Gasteiger partial charge < -0.3 is 11.1 Å². The lowest BCUT2D eigenvalue weighted by atomic mass is 10.1. The van der Waals surface area contributed by atoms with Gasteiger partial charge in [0.15, 0.2) is 9.84 Å². The predicted octanol–water partition coefficient (Wildman–Crippen LogP) is 1.34. The van der Waals surface area contributed by atoms with Crippen molar-refractivity contribution in [1.29, 1.82) is 0 Å². The van der Waals surface area contributed by atoms with Gasteiger partial charge in [-0.25, -0.2) is 8.42 Å². The van der Waals surface area contributed by atoms with E-state index in [4.69, 9.17) is 5.73 Å². The first-order chi connectivity index (χ1) is 8.90. The Morgan fingerprint density at radius 2 is 2.21 bits per heavy atom. The van der Waals surface area contributed by atoms with Gasteiger partial charge in [0.25, 0.3) is 5.91 Å². The molecular formula is C12H15BrN2O3S. The molecule has 1 aromatic carbocycles. The minimum Gasteiger partial charge on any atom is -0.398 e. The zero-order valence-corrected chi connectivity index (χ0v) is 12.6. The van der Waals surface area contributed by atoms with Crippen molar-refractivity contribution in [3.63, 3.8) is 0 Å². The summed E-state index contributed by atoms with van der Waals surface area (Å²) in [5.41, 5.74) is 6.47. The van der Waals surface area contributed by atoms with E-state index in [1.54, 1.807) is 18.2 Å². The van der Waals surface area contributed by atoms with Crippen LogP contribution in [0.25, 0.3) is 0 Å². The number of nitrogen functional groups attached to an aromatic ring is 1. The Balaban J connectivity index is 2.02. The highest BCUT2D eigenvalue weighted by molar-refractivity contribution is 9.10. The van der Waals surface area contributed by atoms with Gasteiger partial charge in [-0.3, -0.25) is 4.79 Å². The van der Waals surface area contributed by atoms with Gasteiger partial charge in [0, 0.05) is 16.7 Å². The van der Waals surface area contributed by atoms with E-state index < -0.39 is 15.1 Å². The second-order valence-corrected chi connectivity index (χ2v) is 7.89. The van der Waals surface area contributed by atoms with Gasteiger partial charge in [-0.05, 0) is 31.0 Å². The van der Waals surface area contributed by atoms with E-state index >= 15 is 0 Å². The Hall–Kier alpha value is -1.08. The standard InChI is InChI=1S/C12H15BrN2O3S/c13-8-3-4-10(11(14)6-8)12(16)15-7-9-2-1-5-19(9,17)18/h3-4,6,9H,1-2,5,7,14H2,(H,15,16). The molecule has 3 N–H and O–H groups in total. The normalized spacial score (nSPS) is 21.2. The van der Waals surface area contributed by atoms with Crippen LogP contribution in [0.2, 0.25) is 0 Å². The van der Waals surface area contributed by atoms with Crippen molar-refractivity contribution in [2.45, 2.75) is 18.1 Å². The number of nitrogens with two attached hydrogens (primary N) is 1.